The molecule has 0 fully saturated rings. The number of rotatable bonds is 6. The molecule has 4 N–H and O–H groups in total. The smallest absolute Gasteiger partial charge is 0.312 e. The predicted molar refractivity (Wildman–Crippen MR) is 64.8 cm³/mol. The van der Waals surface area contributed by atoms with Gasteiger partial charge in [-0.2, -0.15) is 0 Å². The van der Waals surface area contributed by atoms with Gasteiger partial charge in [-0.05, 0) is 6.92 Å². The van der Waals surface area contributed by atoms with Gasteiger partial charge in [-0.3, -0.25) is 4.98 Å². The van der Waals surface area contributed by atoms with Crippen molar-refractivity contribution in [2.45, 2.75) is 13.5 Å². The molecule has 1 rings (SSSR count). The summed E-state index contributed by atoms with van der Waals surface area (Å²) in [4.78, 5) is 14.8. The Labute approximate surface area is 101 Å². The number of nitrogens with zero attached hydrogens (tertiary/aromatic N) is 1. The van der Waals surface area contributed by atoms with Gasteiger partial charge in [0.15, 0.2) is 0 Å². The summed E-state index contributed by atoms with van der Waals surface area (Å²) in [6.45, 7) is 3.68. The van der Waals surface area contributed by atoms with Crippen molar-refractivity contribution in [2.75, 3.05) is 20.2 Å². The third-order valence-corrected chi connectivity index (χ3v) is 2.12. The maximum Gasteiger partial charge on any atom is 0.312 e. The van der Waals surface area contributed by atoms with Crippen molar-refractivity contribution in [1.82, 2.24) is 15.6 Å². The molecule has 0 aromatic carbocycles. The zero-order valence-corrected chi connectivity index (χ0v) is 10.1. The minimum Gasteiger partial charge on any atom is -0.497 e. The van der Waals surface area contributed by atoms with Crippen LogP contribution in [0.5, 0.6) is 5.75 Å². The Hall–Kier alpha value is -1.82. The predicted octanol–water partition coefficient (Wildman–Crippen LogP) is 0.157. The number of primary amides is 1. The molecular formula is C11H18N4O2. The highest BCUT2D eigenvalue weighted by atomic mass is 16.5. The quantitative estimate of drug-likeness (QED) is 0.616. The average molecular weight is 238 g/mol. The zero-order valence-electron chi connectivity index (χ0n) is 10.1. The summed E-state index contributed by atoms with van der Waals surface area (Å²) in [5.41, 5.74) is 6.75. The monoisotopic (exact) mass is 238 g/mol. The van der Waals surface area contributed by atoms with E-state index in [4.69, 9.17) is 10.5 Å². The van der Waals surface area contributed by atoms with E-state index >= 15 is 0 Å². The molecule has 94 valence electrons. The zero-order chi connectivity index (χ0) is 12.7. The second kappa shape index (κ2) is 6.70. The lowest BCUT2D eigenvalue weighted by Gasteiger charge is -2.07. The molecule has 0 unspecified atom stereocenters. The normalized spacial score (nSPS) is 10.0. The maximum absolute atomic E-state index is 10.4. The molecule has 17 heavy (non-hydrogen) atoms. The Morgan fingerprint density at radius 3 is 2.88 bits per heavy atom. The highest BCUT2D eigenvalue weighted by molar-refractivity contribution is 5.71. The minimum atomic E-state index is -0.512. The van der Waals surface area contributed by atoms with Crippen LogP contribution >= 0.6 is 0 Å². The number of amides is 2. The number of nitrogens with two attached hydrogens (primary N) is 1. The van der Waals surface area contributed by atoms with Crippen molar-refractivity contribution in [3.63, 3.8) is 0 Å². The van der Waals surface area contributed by atoms with Crippen LogP contribution in [0.2, 0.25) is 0 Å². The molecule has 0 aliphatic rings. The number of aryl methyl sites for hydroxylation is 1. The number of carbonyl (C=O) groups excluding carboxylic acids is 1. The molecule has 0 aliphatic heterocycles. The highest BCUT2D eigenvalue weighted by Crippen LogP contribution is 2.12. The molecule has 2 amide bonds. The Morgan fingerprint density at radius 1 is 1.47 bits per heavy atom. The fraction of sp³-hybridized carbons (Fsp3) is 0.455. The third kappa shape index (κ3) is 5.17. The van der Waals surface area contributed by atoms with E-state index in [1.807, 2.05) is 19.1 Å². The van der Waals surface area contributed by atoms with Crippen LogP contribution in [0.4, 0.5) is 4.79 Å². The number of carbonyl (C=O) groups is 1. The van der Waals surface area contributed by atoms with Gasteiger partial charge in [-0.25, -0.2) is 4.79 Å². The van der Waals surface area contributed by atoms with Gasteiger partial charge in [0.1, 0.15) is 5.75 Å². The summed E-state index contributed by atoms with van der Waals surface area (Å²) in [5, 5.41) is 5.64. The number of aromatic nitrogens is 1. The van der Waals surface area contributed by atoms with Crippen LogP contribution in [-0.2, 0) is 6.54 Å². The Balaban J connectivity index is 2.36. The standard InChI is InChI=1S/C11H18N4O2/c1-8-5-10(17-2)6-9(15-8)7-13-3-4-14-11(12)16/h5-6,13H,3-4,7H2,1-2H3,(H3,12,14,16). The second-order valence-electron chi connectivity index (χ2n) is 3.61. The molecule has 6 nitrogen and oxygen atoms in total. The van der Waals surface area contributed by atoms with Crippen LogP contribution in [0.25, 0.3) is 0 Å². The van der Waals surface area contributed by atoms with E-state index in [9.17, 15) is 4.79 Å². The maximum atomic E-state index is 10.4. The number of pyridine rings is 1. The fourth-order valence-electron chi connectivity index (χ4n) is 1.40. The molecule has 0 saturated heterocycles. The number of methoxy groups -OCH3 is 1. The van der Waals surface area contributed by atoms with Crippen molar-refractivity contribution in [3.05, 3.63) is 23.5 Å². The first kappa shape index (κ1) is 13.2. The van der Waals surface area contributed by atoms with E-state index in [2.05, 4.69) is 15.6 Å². The molecule has 0 aliphatic carbocycles. The number of urea groups is 1. The summed E-state index contributed by atoms with van der Waals surface area (Å²) in [6.07, 6.45) is 0. The molecule has 1 aromatic heterocycles. The van der Waals surface area contributed by atoms with Crippen LogP contribution in [-0.4, -0.2) is 31.2 Å². The molecule has 1 heterocycles. The van der Waals surface area contributed by atoms with Gasteiger partial charge in [0.05, 0.1) is 12.8 Å². The van der Waals surface area contributed by atoms with E-state index in [0.717, 1.165) is 17.1 Å². The summed E-state index contributed by atoms with van der Waals surface area (Å²) < 4.78 is 5.15. The molecule has 0 spiro atoms. The van der Waals surface area contributed by atoms with Gasteiger partial charge in [0.25, 0.3) is 0 Å². The Bertz CT molecular complexity index is 382. The lowest BCUT2D eigenvalue weighted by Crippen LogP contribution is -2.35. The fourth-order valence-corrected chi connectivity index (χ4v) is 1.40. The summed E-state index contributed by atoms with van der Waals surface area (Å²) in [6, 6.07) is 3.24. The van der Waals surface area contributed by atoms with Gasteiger partial charge in [-0.1, -0.05) is 0 Å². The molecule has 0 bridgehead atoms. The second-order valence-corrected chi connectivity index (χ2v) is 3.61. The number of ether oxygens (including phenoxy) is 1. The number of hydrogen-bond donors (Lipinski definition) is 3. The molecular weight excluding hydrogens is 220 g/mol. The largest absolute Gasteiger partial charge is 0.497 e. The summed E-state index contributed by atoms with van der Waals surface area (Å²) in [5.74, 6) is 0.796. The van der Waals surface area contributed by atoms with E-state index < -0.39 is 6.03 Å². The number of nitrogens with one attached hydrogen (secondary N) is 2. The summed E-state index contributed by atoms with van der Waals surface area (Å²) in [7, 11) is 1.63. The van der Waals surface area contributed by atoms with Crippen molar-refractivity contribution in [1.29, 1.82) is 0 Å². The first-order valence-electron chi connectivity index (χ1n) is 5.37. The van der Waals surface area contributed by atoms with Crippen LogP contribution in [0.1, 0.15) is 11.4 Å². The first-order valence-corrected chi connectivity index (χ1v) is 5.37. The van der Waals surface area contributed by atoms with Gasteiger partial charge >= 0.3 is 6.03 Å². The van der Waals surface area contributed by atoms with Crippen LogP contribution in [0.15, 0.2) is 12.1 Å². The van der Waals surface area contributed by atoms with Gasteiger partial charge in [0, 0.05) is 37.5 Å². The van der Waals surface area contributed by atoms with Crippen LogP contribution < -0.4 is 21.1 Å². The van der Waals surface area contributed by atoms with Crippen LogP contribution in [0.3, 0.4) is 0 Å². The van der Waals surface area contributed by atoms with Gasteiger partial charge in [-0.15, -0.1) is 0 Å². The highest BCUT2D eigenvalue weighted by Gasteiger charge is 2.00. The van der Waals surface area contributed by atoms with Crippen molar-refractivity contribution in [2.24, 2.45) is 5.73 Å². The first-order chi connectivity index (χ1) is 8.11. The van der Waals surface area contributed by atoms with E-state index in [1.165, 1.54) is 0 Å². The Kier molecular flexibility index (Phi) is 5.22. The molecule has 0 atom stereocenters. The molecule has 1 aromatic rings. The van der Waals surface area contributed by atoms with E-state index in [1.54, 1.807) is 7.11 Å². The van der Waals surface area contributed by atoms with Crippen molar-refractivity contribution >= 4 is 6.03 Å². The molecule has 6 heteroatoms. The van der Waals surface area contributed by atoms with E-state index in [0.29, 0.717) is 19.6 Å². The molecule has 0 saturated carbocycles. The third-order valence-electron chi connectivity index (χ3n) is 2.12. The minimum absolute atomic E-state index is 0.498. The lowest BCUT2D eigenvalue weighted by molar-refractivity contribution is 0.249. The topological polar surface area (TPSA) is 89.3 Å². The lowest BCUT2D eigenvalue weighted by atomic mass is 10.3. The SMILES string of the molecule is COc1cc(C)nc(CNCCNC(N)=O)c1. The number of hydrogen-bond acceptors (Lipinski definition) is 4. The van der Waals surface area contributed by atoms with E-state index in [-0.39, 0.29) is 0 Å². The van der Waals surface area contributed by atoms with Crippen LogP contribution in [0, 0.1) is 6.92 Å². The average Bonchev–Trinajstić information content (AvgIpc) is 2.27. The Morgan fingerprint density at radius 2 is 2.24 bits per heavy atom. The van der Waals surface area contributed by atoms with Gasteiger partial charge < -0.3 is 21.1 Å². The molecule has 0 radical (unpaired) electrons. The summed E-state index contributed by atoms with van der Waals surface area (Å²) >= 11 is 0. The van der Waals surface area contributed by atoms with Gasteiger partial charge in [0.2, 0.25) is 0 Å². The van der Waals surface area contributed by atoms with Crippen molar-refractivity contribution in [3.8, 4) is 5.75 Å². The van der Waals surface area contributed by atoms with Crippen molar-refractivity contribution < 1.29 is 9.53 Å².